The molecule has 45 heavy (non-hydrogen) atoms. The molecule has 0 aromatic heterocycles. The third-order valence-electron chi connectivity index (χ3n) is 15.5. The highest BCUT2D eigenvalue weighted by Crippen LogP contribution is 2.77. The maximum Gasteiger partial charge on any atom is 0.309 e. The maximum atomic E-state index is 13.0. The van der Waals surface area contributed by atoms with Crippen molar-refractivity contribution in [3.8, 4) is 0 Å². The number of rotatable bonds is 5. The van der Waals surface area contributed by atoms with Crippen LogP contribution < -0.4 is 0 Å². The molecular weight excluding hydrogens is 576 g/mol. The molecule has 0 amide bonds. The average Bonchev–Trinajstić information content (AvgIpc) is 3.37. The lowest BCUT2D eigenvalue weighted by Crippen LogP contribution is -2.70. The van der Waals surface area contributed by atoms with Crippen LogP contribution in [0, 0.1) is 56.7 Å². The standard InChI is InChI=1S/C36H58O9/c1-18(2)19-8-13-36(31(42)43)15-14-34(6)20(25(19)36)16-21(38)29-33(5)11-10-24(32(3,4)23(33)9-12-35(29,34)7)45-30-28(41)27(40)26(39)22(17-37)44-30/h19-30,37-41H,1,8-17H2,2-7H3,(H,42,43). The first kappa shape index (κ1) is 33.8. The van der Waals surface area contributed by atoms with E-state index >= 15 is 0 Å². The Morgan fingerprint density at radius 1 is 0.889 bits per heavy atom. The summed E-state index contributed by atoms with van der Waals surface area (Å²) in [4.78, 5) is 13.0. The number of hydrogen-bond acceptors (Lipinski definition) is 8. The molecule has 1 saturated heterocycles. The molecule has 256 valence electrons. The zero-order valence-electron chi connectivity index (χ0n) is 28.1. The topological polar surface area (TPSA) is 157 Å². The predicted octanol–water partition coefficient (Wildman–Crippen LogP) is 3.88. The Kier molecular flexibility index (Phi) is 8.25. The van der Waals surface area contributed by atoms with E-state index in [1.54, 1.807) is 0 Å². The Bertz CT molecular complexity index is 1190. The van der Waals surface area contributed by atoms with Crippen molar-refractivity contribution in [1.82, 2.24) is 0 Å². The minimum absolute atomic E-state index is 0.0108. The summed E-state index contributed by atoms with van der Waals surface area (Å²) in [6, 6.07) is 0. The minimum Gasteiger partial charge on any atom is -0.481 e. The van der Waals surface area contributed by atoms with Gasteiger partial charge in [-0.25, -0.2) is 0 Å². The van der Waals surface area contributed by atoms with Crippen LogP contribution in [0.25, 0.3) is 0 Å². The summed E-state index contributed by atoms with van der Waals surface area (Å²) in [7, 11) is 0. The molecular formula is C36H58O9. The number of hydrogen-bond donors (Lipinski definition) is 6. The number of fused-ring (bicyclic) bond motifs is 7. The molecule has 6 N–H and O–H groups in total. The second-order valence-electron chi connectivity index (χ2n) is 17.5. The molecule has 5 saturated carbocycles. The van der Waals surface area contributed by atoms with Gasteiger partial charge in [-0.05, 0) is 116 Å². The Balaban J connectivity index is 1.30. The predicted molar refractivity (Wildman–Crippen MR) is 167 cm³/mol. The normalized spacial score (nSPS) is 55.5. The van der Waals surface area contributed by atoms with Crippen molar-refractivity contribution in [2.45, 2.75) is 142 Å². The van der Waals surface area contributed by atoms with Crippen molar-refractivity contribution in [2.75, 3.05) is 6.61 Å². The SMILES string of the molecule is C=C(C)C1CCC2(C(=O)O)CCC3(C)C(CC(O)C4C5(C)CCC(OC6OC(CO)C(O)C(O)C6O)C(C)(C)C5CCC43C)C12. The van der Waals surface area contributed by atoms with Crippen LogP contribution in [0.1, 0.15) is 99.3 Å². The number of carboxylic acids is 1. The number of aliphatic hydroxyl groups excluding tert-OH is 5. The van der Waals surface area contributed by atoms with E-state index < -0.39 is 54.8 Å². The van der Waals surface area contributed by atoms with Gasteiger partial charge in [-0.1, -0.05) is 46.8 Å². The van der Waals surface area contributed by atoms with E-state index in [0.717, 1.165) is 37.7 Å². The van der Waals surface area contributed by atoms with Gasteiger partial charge < -0.3 is 40.1 Å². The summed E-state index contributed by atoms with van der Waals surface area (Å²) in [5, 5.41) is 64.0. The number of aliphatic carboxylic acids is 1. The smallest absolute Gasteiger partial charge is 0.309 e. The molecule has 16 unspecified atom stereocenters. The largest absolute Gasteiger partial charge is 0.481 e. The Morgan fingerprint density at radius 3 is 2.20 bits per heavy atom. The van der Waals surface area contributed by atoms with Crippen LogP contribution in [0.4, 0.5) is 0 Å². The molecule has 9 heteroatoms. The van der Waals surface area contributed by atoms with Gasteiger partial charge in [0.2, 0.25) is 0 Å². The van der Waals surface area contributed by atoms with Gasteiger partial charge in [-0.15, -0.1) is 0 Å². The van der Waals surface area contributed by atoms with E-state index in [4.69, 9.17) is 9.47 Å². The first-order chi connectivity index (χ1) is 20.9. The van der Waals surface area contributed by atoms with Crippen molar-refractivity contribution >= 4 is 5.97 Å². The van der Waals surface area contributed by atoms with Crippen molar-refractivity contribution in [3.63, 3.8) is 0 Å². The Morgan fingerprint density at radius 2 is 1.58 bits per heavy atom. The van der Waals surface area contributed by atoms with E-state index in [-0.39, 0.29) is 57.4 Å². The summed E-state index contributed by atoms with van der Waals surface area (Å²) >= 11 is 0. The van der Waals surface area contributed by atoms with Crippen LogP contribution in [0.2, 0.25) is 0 Å². The van der Waals surface area contributed by atoms with Crippen LogP contribution in [-0.2, 0) is 14.3 Å². The summed E-state index contributed by atoms with van der Waals surface area (Å²) < 4.78 is 12.2. The lowest BCUT2D eigenvalue weighted by molar-refractivity contribution is -0.334. The minimum atomic E-state index is -1.49. The second kappa shape index (κ2) is 11.0. The monoisotopic (exact) mass is 634 g/mol. The third-order valence-corrected chi connectivity index (χ3v) is 15.5. The van der Waals surface area contributed by atoms with Gasteiger partial charge in [0, 0.05) is 0 Å². The molecule has 0 bridgehead atoms. The van der Waals surface area contributed by atoms with Crippen LogP contribution in [-0.4, -0.2) is 86.1 Å². The van der Waals surface area contributed by atoms with Gasteiger partial charge in [0.25, 0.3) is 0 Å². The molecule has 0 radical (unpaired) electrons. The van der Waals surface area contributed by atoms with Crippen LogP contribution in [0.3, 0.4) is 0 Å². The fourth-order valence-corrected chi connectivity index (χ4v) is 13.1. The maximum absolute atomic E-state index is 13.0. The fourth-order valence-electron chi connectivity index (χ4n) is 13.1. The van der Waals surface area contributed by atoms with Gasteiger partial charge in [-0.2, -0.15) is 0 Å². The summed E-state index contributed by atoms with van der Waals surface area (Å²) in [5.74, 6) is -0.156. The fraction of sp³-hybridized carbons (Fsp3) is 0.917. The van der Waals surface area contributed by atoms with E-state index in [2.05, 4.69) is 48.1 Å². The van der Waals surface area contributed by atoms with Crippen LogP contribution in [0.15, 0.2) is 12.2 Å². The molecule has 0 aromatic carbocycles. The zero-order chi connectivity index (χ0) is 33.1. The van der Waals surface area contributed by atoms with Crippen molar-refractivity contribution in [2.24, 2.45) is 56.7 Å². The number of carbonyl (C=O) groups is 1. The summed E-state index contributed by atoms with van der Waals surface area (Å²) in [6.07, 6.45) is -0.322. The van der Waals surface area contributed by atoms with Crippen molar-refractivity contribution in [1.29, 1.82) is 0 Å². The quantitative estimate of drug-likeness (QED) is 0.195. The Hall–Kier alpha value is -1.07. The summed E-state index contributed by atoms with van der Waals surface area (Å²) in [6.45, 7) is 17.4. The molecule has 0 spiro atoms. The molecule has 1 heterocycles. The van der Waals surface area contributed by atoms with Gasteiger partial charge in [0.05, 0.1) is 24.2 Å². The molecule has 6 aliphatic rings. The molecule has 5 aliphatic carbocycles. The highest BCUT2D eigenvalue weighted by atomic mass is 16.7. The molecule has 0 aromatic rings. The van der Waals surface area contributed by atoms with E-state index in [1.165, 1.54) is 0 Å². The Labute approximate surface area is 268 Å². The highest BCUT2D eigenvalue weighted by Gasteiger charge is 2.74. The van der Waals surface area contributed by atoms with E-state index in [1.807, 2.05) is 0 Å². The first-order valence-electron chi connectivity index (χ1n) is 17.4. The molecule has 1 aliphatic heterocycles. The lowest BCUT2D eigenvalue weighted by Gasteiger charge is -2.73. The molecule has 9 nitrogen and oxygen atoms in total. The molecule has 6 rings (SSSR count). The number of carboxylic acid groups (broad SMARTS) is 1. The first-order valence-corrected chi connectivity index (χ1v) is 17.4. The second-order valence-corrected chi connectivity index (χ2v) is 17.5. The van der Waals surface area contributed by atoms with Gasteiger partial charge in [0.1, 0.15) is 24.4 Å². The van der Waals surface area contributed by atoms with Crippen molar-refractivity contribution in [3.05, 3.63) is 12.2 Å². The van der Waals surface area contributed by atoms with Gasteiger partial charge in [-0.3, -0.25) is 4.79 Å². The van der Waals surface area contributed by atoms with Crippen molar-refractivity contribution < 1.29 is 44.9 Å². The van der Waals surface area contributed by atoms with E-state index in [0.29, 0.717) is 25.7 Å². The average molecular weight is 635 g/mol. The number of ether oxygens (including phenoxy) is 2. The lowest BCUT2D eigenvalue weighted by atomic mass is 9.31. The molecule has 16 atom stereocenters. The van der Waals surface area contributed by atoms with Crippen LogP contribution in [0.5, 0.6) is 0 Å². The van der Waals surface area contributed by atoms with Gasteiger partial charge in [0.15, 0.2) is 6.29 Å². The third kappa shape index (κ3) is 4.46. The highest BCUT2D eigenvalue weighted by molar-refractivity contribution is 5.76. The number of allylic oxidation sites excluding steroid dienone is 1. The number of aliphatic hydroxyl groups is 5. The zero-order valence-corrected chi connectivity index (χ0v) is 28.1. The van der Waals surface area contributed by atoms with Crippen LogP contribution >= 0.6 is 0 Å². The summed E-state index contributed by atoms with van der Waals surface area (Å²) in [5.41, 5.74) is -0.492. The van der Waals surface area contributed by atoms with E-state index in [9.17, 15) is 35.4 Å². The molecule has 6 fully saturated rings. The van der Waals surface area contributed by atoms with Gasteiger partial charge >= 0.3 is 5.97 Å².